The Hall–Kier alpha value is -2.79. The topological polar surface area (TPSA) is 54.8 Å². The van der Waals surface area contributed by atoms with E-state index in [1.165, 1.54) is 5.69 Å². The second kappa shape index (κ2) is 7.91. The summed E-state index contributed by atoms with van der Waals surface area (Å²) in [6.07, 6.45) is 2.18. The van der Waals surface area contributed by atoms with E-state index in [1.54, 1.807) is 14.2 Å². The molecule has 1 aromatic heterocycles. The minimum atomic E-state index is -0.894. The fraction of sp³-hybridized carbons (Fsp3) is 0.375. The van der Waals surface area contributed by atoms with Crippen LogP contribution in [-0.2, 0) is 12.0 Å². The largest absolute Gasteiger partial charge is 0.497 e. The van der Waals surface area contributed by atoms with Crippen molar-refractivity contribution in [3.63, 3.8) is 0 Å². The molecular formula is C24H28N2O3. The molecule has 0 radical (unpaired) electrons. The van der Waals surface area contributed by atoms with Crippen molar-refractivity contribution >= 4 is 16.6 Å². The Morgan fingerprint density at radius 3 is 2.28 bits per heavy atom. The zero-order valence-electron chi connectivity index (χ0n) is 17.3. The Bertz CT molecular complexity index is 988. The van der Waals surface area contributed by atoms with Crippen LogP contribution in [0.5, 0.6) is 11.5 Å². The van der Waals surface area contributed by atoms with Gasteiger partial charge in [0, 0.05) is 35.9 Å². The molecule has 1 aliphatic heterocycles. The van der Waals surface area contributed by atoms with Gasteiger partial charge in [-0.1, -0.05) is 25.1 Å². The first-order valence-corrected chi connectivity index (χ1v) is 10.2. The van der Waals surface area contributed by atoms with Gasteiger partial charge in [-0.05, 0) is 49.1 Å². The number of aromatic nitrogens is 1. The monoisotopic (exact) mass is 392 g/mol. The standard InChI is InChI=1S/C24H28N2O3/c1-4-18-15-23(21-7-5-6-8-22(21)25-18)26-11-9-24(27,10-12-26)17-13-19(28-2)16-20(14-17)29-3/h5-8,13-16,27H,4,9-12H2,1-3H3. The first-order chi connectivity index (χ1) is 14.1. The van der Waals surface area contributed by atoms with Crippen LogP contribution in [0, 0.1) is 0 Å². The van der Waals surface area contributed by atoms with Crippen LogP contribution in [0.3, 0.4) is 0 Å². The summed E-state index contributed by atoms with van der Waals surface area (Å²) in [6, 6.07) is 16.1. The summed E-state index contributed by atoms with van der Waals surface area (Å²) in [6.45, 7) is 3.67. The smallest absolute Gasteiger partial charge is 0.122 e. The van der Waals surface area contributed by atoms with Crippen molar-refractivity contribution in [1.29, 1.82) is 0 Å². The van der Waals surface area contributed by atoms with Gasteiger partial charge in [-0.15, -0.1) is 0 Å². The van der Waals surface area contributed by atoms with Crippen LogP contribution in [0.4, 0.5) is 5.69 Å². The molecule has 0 bridgehead atoms. The Morgan fingerprint density at radius 1 is 1.00 bits per heavy atom. The number of aliphatic hydroxyl groups is 1. The predicted molar refractivity (Wildman–Crippen MR) is 116 cm³/mol. The van der Waals surface area contributed by atoms with Crippen LogP contribution in [0.25, 0.3) is 10.9 Å². The van der Waals surface area contributed by atoms with Gasteiger partial charge in [0.2, 0.25) is 0 Å². The molecule has 1 aliphatic rings. The molecule has 5 heteroatoms. The van der Waals surface area contributed by atoms with Gasteiger partial charge in [0.1, 0.15) is 11.5 Å². The van der Waals surface area contributed by atoms with Crippen molar-refractivity contribution in [2.75, 3.05) is 32.2 Å². The summed E-state index contributed by atoms with van der Waals surface area (Å²) in [5.74, 6) is 1.39. The SMILES string of the molecule is CCc1cc(N2CCC(O)(c3cc(OC)cc(OC)c3)CC2)c2ccccc2n1. The molecule has 0 unspecified atom stereocenters. The highest BCUT2D eigenvalue weighted by atomic mass is 16.5. The van der Waals surface area contributed by atoms with E-state index in [0.29, 0.717) is 24.3 Å². The number of rotatable bonds is 5. The molecule has 0 saturated carbocycles. The maximum absolute atomic E-state index is 11.4. The third kappa shape index (κ3) is 3.75. The zero-order valence-corrected chi connectivity index (χ0v) is 17.3. The summed E-state index contributed by atoms with van der Waals surface area (Å²) < 4.78 is 10.8. The molecule has 1 N–H and O–H groups in total. The molecule has 2 heterocycles. The fourth-order valence-electron chi connectivity index (χ4n) is 4.14. The Kier molecular flexibility index (Phi) is 5.33. The molecule has 0 amide bonds. The van der Waals surface area contributed by atoms with Gasteiger partial charge in [0.15, 0.2) is 0 Å². The number of hydrogen-bond acceptors (Lipinski definition) is 5. The number of para-hydroxylation sites is 1. The molecule has 3 aromatic rings. The van der Waals surface area contributed by atoms with Crippen LogP contribution in [0.15, 0.2) is 48.5 Å². The normalized spacial score (nSPS) is 16.1. The number of aryl methyl sites for hydroxylation is 1. The number of anilines is 1. The van der Waals surface area contributed by atoms with E-state index in [-0.39, 0.29) is 0 Å². The van der Waals surface area contributed by atoms with Crippen molar-refractivity contribution in [2.45, 2.75) is 31.8 Å². The number of benzene rings is 2. The molecule has 29 heavy (non-hydrogen) atoms. The van der Waals surface area contributed by atoms with E-state index >= 15 is 0 Å². The van der Waals surface area contributed by atoms with E-state index in [4.69, 9.17) is 14.5 Å². The Morgan fingerprint density at radius 2 is 1.66 bits per heavy atom. The molecule has 1 fully saturated rings. The number of hydrogen-bond donors (Lipinski definition) is 1. The molecule has 5 nitrogen and oxygen atoms in total. The maximum Gasteiger partial charge on any atom is 0.122 e. The highest BCUT2D eigenvalue weighted by Crippen LogP contribution is 2.39. The number of nitrogens with zero attached hydrogens (tertiary/aromatic N) is 2. The van der Waals surface area contributed by atoms with Crippen molar-refractivity contribution in [3.05, 3.63) is 59.8 Å². The summed E-state index contributed by atoms with van der Waals surface area (Å²) in [7, 11) is 3.26. The lowest BCUT2D eigenvalue weighted by atomic mass is 9.84. The minimum absolute atomic E-state index is 0.640. The van der Waals surface area contributed by atoms with Gasteiger partial charge in [0.05, 0.1) is 25.3 Å². The second-order valence-corrected chi connectivity index (χ2v) is 7.62. The van der Waals surface area contributed by atoms with Crippen molar-refractivity contribution < 1.29 is 14.6 Å². The average molecular weight is 392 g/mol. The highest BCUT2D eigenvalue weighted by Gasteiger charge is 2.35. The van der Waals surface area contributed by atoms with Crippen molar-refractivity contribution in [2.24, 2.45) is 0 Å². The average Bonchev–Trinajstić information content (AvgIpc) is 2.78. The van der Waals surface area contributed by atoms with Gasteiger partial charge in [-0.3, -0.25) is 4.98 Å². The Labute approximate surface area is 171 Å². The lowest BCUT2D eigenvalue weighted by molar-refractivity contribution is 0.0114. The van der Waals surface area contributed by atoms with E-state index in [1.807, 2.05) is 24.3 Å². The second-order valence-electron chi connectivity index (χ2n) is 7.62. The lowest BCUT2D eigenvalue weighted by Crippen LogP contribution is -2.42. The van der Waals surface area contributed by atoms with Gasteiger partial charge >= 0.3 is 0 Å². The van der Waals surface area contributed by atoms with Crippen LogP contribution >= 0.6 is 0 Å². The summed E-state index contributed by atoms with van der Waals surface area (Å²) in [5.41, 5.74) is 3.28. The summed E-state index contributed by atoms with van der Waals surface area (Å²) in [4.78, 5) is 7.13. The third-order valence-corrected chi connectivity index (χ3v) is 5.93. The number of pyridine rings is 1. The molecule has 0 spiro atoms. The summed E-state index contributed by atoms with van der Waals surface area (Å²) >= 11 is 0. The van der Waals surface area contributed by atoms with Gasteiger partial charge < -0.3 is 19.5 Å². The molecule has 0 aliphatic carbocycles. The van der Waals surface area contributed by atoms with Crippen LogP contribution in [-0.4, -0.2) is 37.4 Å². The number of methoxy groups -OCH3 is 2. The van der Waals surface area contributed by atoms with Crippen molar-refractivity contribution in [1.82, 2.24) is 4.98 Å². The molecule has 4 rings (SSSR count). The highest BCUT2D eigenvalue weighted by molar-refractivity contribution is 5.92. The Balaban J connectivity index is 1.62. The minimum Gasteiger partial charge on any atom is -0.497 e. The van der Waals surface area contributed by atoms with Gasteiger partial charge in [-0.25, -0.2) is 0 Å². The van der Waals surface area contributed by atoms with Crippen molar-refractivity contribution in [3.8, 4) is 11.5 Å². The first kappa shape index (κ1) is 19.5. The van der Waals surface area contributed by atoms with Gasteiger partial charge in [-0.2, -0.15) is 0 Å². The molecule has 152 valence electrons. The predicted octanol–water partition coefficient (Wildman–Crippen LogP) is 4.30. The van der Waals surface area contributed by atoms with Crippen LogP contribution in [0.1, 0.15) is 31.0 Å². The van der Waals surface area contributed by atoms with Crippen LogP contribution < -0.4 is 14.4 Å². The molecule has 1 saturated heterocycles. The van der Waals surface area contributed by atoms with Gasteiger partial charge in [0.25, 0.3) is 0 Å². The molecule has 2 aromatic carbocycles. The van der Waals surface area contributed by atoms with E-state index in [9.17, 15) is 5.11 Å². The van der Waals surface area contributed by atoms with E-state index < -0.39 is 5.60 Å². The number of fused-ring (bicyclic) bond motifs is 1. The zero-order chi connectivity index (χ0) is 20.4. The maximum atomic E-state index is 11.4. The number of piperidine rings is 1. The quantitative estimate of drug-likeness (QED) is 0.701. The number of ether oxygens (including phenoxy) is 2. The lowest BCUT2D eigenvalue weighted by Gasteiger charge is -2.40. The van der Waals surface area contributed by atoms with E-state index in [0.717, 1.165) is 41.7 Å². The van der Waals surface area contributed by atoms with E-state index in [2.05, 4.69) is 36.1 Å². The molecular weight excluding hydrogens is 364 g/mol. The van der Waals surface area contributed by atoms with Crippen LogP contribution in [0.2, 0.25) is 0 Å². The third-order valence-electron chi connectivity index (χ3n) is 5.93. The summed E-state index contributed by atoms with van der Waals surface area (Å²) in [5, 5.41) is 12.6. The first-order valence-electron chi connectivity index (χ1n) is 10.2. The molecule has 0 atom stereocenters. The fourth-order valence-corrected chi connectivity index (χ4v) is 4.14.